The maximum Gasteiger partial charge on any atom is 0.126 e. The van der Waals surface area contributed by atoms with Crippen molar-refractivity contribution in [3.8, 4) is 5.75 Å². The van der Waals surface area contributed by atoms with Crippen molar-refractivity contribution in [1.29, 1.82) is 0 Å². The number of hydrogen-bond donors (Lipinski definition) is 3. The molecule has 2 atom stereocenters. The molecule has 2 unspecified atom stereocenters. The number of halogens is 1. The van der Waals surface area contributed by atoms with Gasteiger partial charge in [0.15, 0.2) is 0 Å². The Balaban J connectivity index is 1.91. The standard InChI is InChI=1S/C13H18FNO2/c1-8(15-7-13(17)9-2-3-9)11-5-4-10(14)6-12(11)16/h4-6,8-9,13,15-17H,2-3,7H2,1H3. The third-order valence-corrected chi connectivity index (χ3v) is 3.26. The van der Waals surface area contributed by atoms with Crippen molar-refractivity contribution in [3.63, 3.8) is 0 Å². The van der Waals surface area contributed by atoms with E-state index in [4.69, 9.17) is 0 Å². The van der Waals surface area contributed by atoms with E-state index < -0.39 is 5.82 Å². The SMILES string of the molecule is CC(NCC(O)C1CC1)c1ccc(F)cc1O. The van der Waals surface area contributed by atoms with Crippen molar-refractivity contribution in [2.24, 2.45) is 5.92 Å². The highest BCUT2D eigenvalue weighted by Crippen LogP contribution is 2.32. The normalized spacial score (nSPS) is 19.0. The molecule has 0 amide bonds. The lowest BCUT2D eigenvalue weighted by molar-refractivity contribution is 0.145. The van der Waals surface area contributed by atoms with Gasteiger partial charge in [-0.2, -0.15) is 0 Å². The zero-order chi connectivity index (χ0) is 12.4. The average Bonchev–Trinajstić information content (AvgIpc) is 3.09. The summed E-state index contributed by atoms with van der Waals surface area (Å²) in [6.07, 6.45) is 1.87. The molecule has 1 aromatic carbocycles. The van der Waals surface area contributed by atoms with E-state index in [1.807, 2.05) is 6.92 Å². The maximum absolute atomic E-state index is 12.8. The van der Waals surface area contributed by atoms with Gasteiger partial charge < -0.3 is 15.5 Å². The summed E-state index contributed by atoms with van der Waals surface area (Å²) in [6.45, 7) is 2.38. The van der Waals surface area contributed by atoms with Crippen molar-refractivity contribution in [2.45, 2.75) is 31.9 Å². The van der Waals surface area contributed by atoms with Gasteiger partial charge in [0, 0.05) is 24.2 Å². The van der Waals surface area contributed by atoms with Crippen molar-refractivity contribution < 1.29 is 14.6 Å². The van der Waals surface area contributed by atoms with E-state index in [2.05, 4.69) is 5.32 Å². The van der Waals surface area contributed by atoms with Crippen LogP contribution in [0.1, 0.15) is 31.4 Å². The molecule has 0 saturated heterocycles. The zero-order valence-electron chi connectivity index (χ0n) is 9.86. The first-order valence-corrected chi connectivity index (χ1v) is 5.98. The lowest BCUT2D eigenvalue weighted by Crippen LogP contribution is -2.30. The van der Waals surface area contributed by atoms with E-state index >= 15 is 0 Å². The predicted molar refractivity (Wildman–Crippen MR) is 63.2 cm³/mol. The summed E-state index contributed by atoms with van der Waals surface area (Å²) < 4.78 is 12.8. The summed E-state index contributed by atoms with van der Waals surface area (Å²) in [4.78, 5) is 0. The molecule has 0 spiro atoms. The Morgan fingerprint density at radius 1 is 1.47 bits per heavy atom. The average molecular weight is 239 g/mol. The lowest BCUT2D eigenvalue weighted by atomic mass is 10.1. The fraction of sp³-hybridized carbons (Fsp3) is 0.538. The molecule has 17 heavy (non-hydrogen) atoms. The first-order chi connectivity index (χ1) is 8.08. The first kappa shape index (κ1) is 12.3. The first-order valence-electron chi connectivity index (χ1n) is 5.98. The van der Waals surface area contributed by atoms with Crippen LogP contribution in [0.15, 0.2) is 18.2 Å². The van der Waals surface area contributed by atoms with Crippen LogP contribution in [-0.4, -0.2) is 22.9 Å². The monoisotopic (exact) mass is 239 g/mol. The Labute approximate surface area is 100 Å². The second kappa shape index (κ2) is 5.02. The van der Waals surface area contributed by atoms with Crippen LogP contribution in [-0.2, 0) is 0 Å². The molecule has 1 aliphatic carbocycles. The molecule has 1 fully saturated rings. The summed E-state index contributed by atoms with van der Waals surface area (Å²) in [7, 11) is 0. The molecule has 94 valence electrons. The number of nitrogens with one attached hydrogen (secondary N) is 1. The van der Waals surface area contributed by atoms with Gasteiger partial charge in [0.2, 0.25) is 0 Å². The molecule has 0 bridgehead atoms. The summed E-state index contributed by atoms with van der Waals surface area (Å²) in [5, 5.41) is 22.5. The van der Waals surface area contributed by atoms with E-state index in [9.17, 15) is 14.6 Å². The minimum absolute atomic E-state index is 0.0501. The van der Waals surface area contributed by atoms with Gasteiger partial charge in [0.1, 0.15) is 11.6 Å². The summed E-state index contributed by atoms with van der Waals surface area (Å²) in [6, 6.07) is 3.88. The summed E-state index contributed by atoms with van der Waals surface area (Å²) in [5.41, 5.74) is 0.648. The lowest BCUT2D eigenvalue weighted by Gasteiger charge is -2.18. The highest BCUT2D eigenvalue weighted by atomic mass is 19.1. The maximum atomic E-state index is 12.8. The topological polar surface area (TPSA) is 52.5 Å². The number of phenols is 1. The van der Waals surface area contributed by atoms with Crippen LogP contribution in [0.2, 0.25) is 0 Å². The second-order valence-electron chi connectivity index (χ2n) is 4.74. The van der Waals surface area contributed by atoms with E-state index in [-0.39, 0.29) is 17.9 Å². The highest BCUT2D eigenvalue weighted by Gasteiger charge is 2.29. The van der Waals surface area contributed by atoms with Gasteiger partial charge in [0.05, 0.1) is 6.10 Å². The zero-order valence-corrected chi connectivity index (χ0v) is 9.86. The number of aliphatic hydroxyl groups excluding tert-OH is 1. The van der Waals surface area contributed by atoms with Gasteiger partial charge in [-0.15, -0.1) is 0 Å². The number of phenolic OH excluding ortho intramolecular Hbond substituents is 1. The van der Waals surface area contributed by atoms with Crippen LogP contribution >= 0.6 is 0 Å². The van der Waals surface area contributed by atoms with Crippen molar-refractivity contribution in [2.75, 3.05) is 6.54 Å². The highest BCUT2D eigenvalue weighted by molar-refractivity contribution is 5.34. The largest absolute Gasteiger partial charge is 0.508 e. The smallest absolute Gasteiger partial charge is 0.126 e. The molecule has 1 saturated carbocycles. The van der Waals surface area contributed by atoms with Crippen LogP contribution in [0.3, 0.4) is 0 Å². The van der Waals surface area contributed by atoms with Gasteiger partial charge in [0.25, 0.3) is 0 Å². The number of hydrogen-bond acceptors (Lipinski definition) is 3. The number of aromatic hydroxyl groups is 1. The Morgan fingerprint density at radius 2 is 2.18 bits per heavy atom. The van der Waals surface area contributed by atoms with Gasteiger partial charge in [-0.05, 0) is 31.7 Å². The fourth-order valence-electron chi connectivity index (χ4n) is 1.94. The Morgan fingerprint density at radius 3 is 2.76 bits per heavy atom. The van der Waals surface area contributed by atoms with Gasteiger partial charge in [-0.3, -0.25) is 0 Å². The van der Waals surface area contributed by atoms with Crippen LogP contribution in [0, 0.1) is 11.7 Å². The molecule has 2 rings (SSSR count). The van der Waals surface area contributed by atoms with E-state index in [1.165, 1.54) is 6.07 Å². The van der Waals surface area contributed by atoms with Crippen LogP contribution in [0.25, 0.3) is 0 Å². The molecule has 0 radical (unpaired) electrons. The Kier molecular flexibility index (Phi) is 3.64. The molecular weight excluding hydrogens is 221 g/mol. The van der Waals surface area contributed by atoms with Crippen molar-refractivity contribution in [1.82, 2.24) is 5.32 Å². The van der Waals surface area contributed by atoms with Crippen LogP contribution in [0.5, 0.6) is 5.75 Å². The third-order valence-electron chi connectivity index (χ3n) is 3.26. The molecule has 0 aromatic heterocycles. The Bertz CT molecular complexity index is 393. The van der Waals surface area contributed by atoms with E-state index in [0.29, 0.717) is 18.0 Å². The molecule has 0 heterocycles. The number of aliphatic hydroxyl groups is 1. The molecule has 3 nitrogen and oxygen atoms in total. The minimum Gasteiger partial charge on any atom is -0.508 e. The van der Waals surface area contributed by atoms with Crippen molar-refractivity contribution in [3.05, 3.63) is 29.6 Å². The van der Waals surface area contributed by atoms with E-state index in [1.54, 1.807) is 6.07 Å². The molecule has 0 aliphatic heterocycles. The van der Waals surface area contributed by atoms with Gasteiger partial charge in [-0.1, -0.05) is 6.07 Å². The van der Waals surface area contributed by atoms with Crippen molar-refractivity contribution >= 4 is 0 Å². The molecule has 3 N–H and O–H groups in total. The second-order valence-corrected chi connectivity index (χ2v) is 4.74. The Hall–Kier alpha value is -1.13. The molecule has 4 heteroatoms. The third kappa shape index (κ3) is 3.17. The number of benzene rings is 1. The minimum atomic E-state index is -0.448. The van der Waals surface area contributed by atoms with Gasteiger partial charge in [-0.25, -0.2) is 4.39 Å². The van der Waals surface area contributed by atoms with Crippen LogP contribution in [0.4, 0.5) is 4.39 Å². The molecular formula is C13H18FNO2. The summed E-state index contributed by atoms with van der Waals surface area (Å²) in [5.74, 6) is -0.0705. The molecule has 1 aliphatic rings. The molecule has 1 aromatic rings. The fourth-order valence-corrected chi connectivity index (χ4v) is 1.94. The van der Waals surface area contributed by atoms with E-state index in [0.717, 1.165) is 18.9 Å². The predicted octanol–water partition coefficient (Wildman–Crippen LogP) is 1.95. The quantitative estimate of drug-likeness (QED) is 0.736. The van der Waals surface area contributed by atoms with Crippen LogP contribution < -0.4 is 5.32 Å². The summed E-state index contributed by atoms with van der Waals surface area (Å²) >= 11 is 0. The van der Waals surface area contributed by atoms with Gasteiger partial charge >= 0.3 is 0 Å². The number of rotatable bonds is 5.